The molecule has 1 heterocycles. The van der Waals surface area contributed by atoms with Crippen molar-refractivity contribution in [2.45, 2.75) is 25.8 Å². The first-order valence-electron chi connectivity index (χ1n) is 6.90. The molecule has 0 spiro atoms. The fourth-order valence-corrected chi connectivity index (χ4v) is 3.11. The number of nitrogens with zero attached hydrogens (tertiary/aromatic N) is 1. The molecular weight excluding hydrogens is 295 g/mol. The van der Waals surface area contributed by atoms with Gasteiger partial charge in [-0.3, -0.25) is 4.79 Å². The van der Waals surface area contributed by atoms with Crippen molar-refractivity contribution < 1.29 is 4.79 Å². The molecule has 0 saturated carbocycles. The molecule has 1 N–H and O–H groups in total. The van der Waals surface area contributed by atoms with E-state index in [1.54, 1.807) is 17.0 Å². The van der Waals surface area contributed by atoms with E-state index in [4.69, 9.17) is 23.2 Å². The molecule has 0 bridgehead atoms. The normalized spacial score (nSPS) is 19.9. The van der Waals surface area contributed by atoms with E-state index >= 15 is 0 Å². The van der Waals surface area contributed by atoms with Crippen LogP contribution in [-0.2, 0) is 4.79 Å². The molecule has 1 aliphatic rings. The Balaban J connectivity index is 2.03. The fraction of sp³-hybridized carbons (Fsp3) is 0.533. The molecule has 0 aromatic heterocycles. The van der Waals surface area contributed by atoms with Gasteiger partial charge in [-0.15, -0.1) is 0 Å². The quantitative estimate of drug-likeness (QED) is 0.922. The second-order valence-electron chi connectivity index (χ2n) is 5.41. The second-order valence-corrected chi connectivity index (χ2v) is 6.25. The van der Waals surface area contributed by atoms with Gasteiger partial charge in [0.2, 0.25) is 5.91 Å². The van der Waals surface area contributed by atoms with Gasteiger partial charge in [-0.2, -0.15) is 0 Å². The van der Waals surface area contributed by atoms with Crippen LogP contribution in [-0.4, -0.2) is 30.9 Å². The largest absolute Gasteiger partial charge is 0.339 e. The monoisotopic (exact) mass is 314 g/mol. The third kappa shape index (κ3) is 3.66. The predicted molar refractivity (Wildman–Crippen MR) is 83.2 cm³/mol. The number of benzene rings is 1. The van der Waals surface area contributed by atoms with Crippen LogP contribution in [0, 0.1) is 5.92 Å². The smallest absolute Gasteiger partial charge is 0.223 e. The highest BCUT2D eigenvalue weighted by molar-refractivity contribution is 6.35. The zero-order chi connectivity index (χ0) is 14.7. The maximum Gasteiger partial charge on any atom is 0.223 e. The molecule has 3 nitrogen and oxygen atoms in total. The van der Waals surface area contributed by atoms with Crippen molar-refractivity contribution in [2.24, 2.45) is 5.92 Å². The van der Waals surface area contributed by atoms with Crippen LogP contribution in [0.5, 0.6) is 0 Å². The molecule has 0 aliphatic carbocycles. The van der Waals surface area contributed by atoms with Gasteiger partial charge in [0.05, 0.1) is 6.04 Å². The number of carbonyl (C=O) groups excluding carboxylic acids is 1. The lowest BCUT2D eigenvalue weighted by atomic mass is 10.0. The molecule has 0 unspecified atom stereocenters. The Labute approximate surface area is 130 Å². The van der Waals surface area contributed by atoms with Crippen LogP contribution in [0.2, 0.25) is 10.0 Å². The van der Waals surface area contributed by atoms with Gasteiger partial charge < -0.3 is 10.2 Å². The van der Waals surface area contributed by atoms with E-state index in [9.17, 15) is 4.79 Å². The summed E-state index contributed by atoms with van der Waals surface area (Å²) in [5, 5.41) is 4.50. The maximum atomic E-state index is 12.3. The van der Waals surface area contributed by atoms with Crippen LogP contribution < -0.4 is 5.32 Å². The molecule has 1 amide bonds. The van der Waals surface area contributed by atoms with Crippen LogP contribution in [0.3, 0.4) is 0 Å². The Morgan fingerprint density at radius 1 is 1.50 bits per heavy atom. The highest BCUT2D eigenvalue weighted by atomic mass is 35.5. The number of halogens is 2. The lowest BCUT2D eigenvalue weighted by Gasteiger charge is -2.27. The molecular formula is C15H20Cl2N2O. The Morgan fingerprint density at radius 2 is 2.25 bits per heavy atom. The van der Waals surface area contributed by atoms with Crippen molar-refractivity contribution in [3.05, 3.63) is 33.8 Å². The minimum atomic E-state index is -0.0540. The van der Waals surface area contributed by atoms with Crippen molar-refractivity contribution in [2.75, 3.05) is 20.1 Å². The number of carbonyl (C=O) groups is 1. The second kappa shape index (κ2) is 6.79. The zero-order valence-electron chi connectivity index (χ0n) is 11.8. The molecule has 2 rings (SSSR count). The molecule has 1 aliphatic heterocycles. The first-order valence-corrected chi connectivity index (χ1v) is 7.66. The average molecular weight is 315 g/mol. The van der Waals surface area contributed by atoms with Gasteiger partial charge in [0.15, 0.2) is 0 Å². The van der Waals surface area contributed by atoms with Gasteiger partial charge in [-0.1, -0.05) is 29.3 Å². The summed E-state index contributed by atoms with van der Waals surface area (Å²) in [6, 6.07) is 5.35. The van der Waals surface area contributed by atoms with E-state index in [2.05, 4.69) is 5.32 Å². The standard InChI is InChI=1S/C15H20Cl2N2O/c1-10(13-4-3-12(16)8-14(13)17)19(2)15(20)7-11-5-6-18-9-11/h3-4,8,10-11,18H,5-7,9H2,1-2H3/t10-,11+/m0/s1. The number of amides is 1. The number of hydrogen-bond donors (Lipinski definition) is 1. The molecule has 20 heavy (non-hydrogen) atoms. The molecule has 1 aromatic carbocycles. The van der Waals surface area contributed by atoms with E-state index in [0.717, 1.165) is 25.1 Å². The summed E-state index contributed by atoms with van der Waals surface area (Å²) in [6.07, 6.45) is 1.68. The first kappa shape index (κ1) is 15.6. The molecule has 0 radical (unpaired) electrons. The van der Waals surface area contributed by atoms with E-state index in [1.165, 1.54) is 0 Å². The molecule has 1 aromatic rings. The highest BCUT2D eigenvalue weighted by Gasteiger charge is 2.24. The van der Waals surface area contributed by atoms with Gasteiger partial charge in [-0.25, -0.2) is 0 Å². The number of rotatable bonds is 4. The SMILES string of the molecule is C[C@@H](c1ccc(Cl)cc1Cl)N(C)C(=O)C[C@H]1CCNC1. The van der Waals surface area contributed by atoms with Crippen LogP contribution in [0.25, 0.3) is 0 Å². The lowest BCUT2D eigenvalue weighted by molar-refractivity contribution is -0.132. The predicted octanol–water partition coefficient (Wildman–Crippen LogP) is 3.51. The van der Waals surface area contributed by atoms with Gasteiger partial charge in [0.1, 0.15) is 0 Å². The van der Waals surface area contributed by atoms with Gasteiger partial charge in [0, 0.05) is 23.5 Å². The Morgan fingerprint density at radius 3 is 2.85 bits per heavy atom. The van der Waals surface area contributed by atoms with Crippen LogP contribution in [0.4, 0.5) is 0 Å². The summed E-state index contributed by atoms with van der Waals surface area (Å²) in [5.74, 6) is 0.620. The Kier molecular flexibility index (Phi) is 5.30. The van der Waals surface area contributed by atoms with Gasteiger partial charge in [-0.05, 0) is 50.0 Å². The lowest BCUT2D eigenvalue weighted by Crippen LogP contribution is -2.31. The summed E-state index contributed by atoms with van der Waals surface area (Å²) < 4.78 is 0. The van der Waals surface area contributed by atoms with Crippen LogP contribution in [0.1, 0.15) is 31.4 Å². The third-order valence-corrected chi connectivity index (χ3v) is 4.58. The zero-order valence-corrected chi connectivity index (χ0v) is 13.3. The van der Waals surface area contributed by atoms with Crippen molar-refractivity contribution in [1.82, 2.24) is 10.2 Å². The Bertz CT molecular complexity index is 487. The average Bonchev–Trinajstić information content (AvgIpc) is 2.90. The summed E-state index contributed by atoms with van der Waals surface area (Å²) in [7, 11) is 1.83. The summed E-state index contributed by atoms with van der Waals surface area (Å²) in [4.78, 5) is 14.1. The van der Waals surface area contributed by atoms with Crippen molar-refractivity contribution >= 4 is 29.1 Å². The molecule has 1 saturated heterocycles. The van der Waals surface area contributed by atoms with Gasteiger partial charge in [0.25, 0.3) is 0 Å². The molecule has 1 fully saturated rings. The van der Waals surface area contributed by atoms with E-state index in [-0.39, 0.29) is 11.9 Å². The maximum absolute atomic E-state index is 12.3. The van der Waals surface area contributed by atoms with E-state index in [1.807, 2.05) is 20.0 Å². The van der Waals surface area contributed by atoms with Crippen molar-refractivity contribution in [1.29, 1.82) is 0 Å². The third-order valence-electron chi connectivity index (χ3n) is 4.01. The summed E-state index contributed by atoms with van der Waals surface area (Å²) >= 11 is 12.1. The highest BCUT2D eigenvalue weighted by Crippen LogP contribution is 2.29. The minimum Gasteiger partial charge on any atom is -0.339 e. The van der Waals surface area contributed by atoms with E-state index < -0.39 is 0 Å². The minimum absolute atomic E-state index is 0.0540. The van der Waals surface area contributed by atoms with Crippen molar-refractivity contribution in [3.63, 3.8) is 0 Å². The summed E-state index contributed by atoms with van der Waals surface area (Å²) in [6.45, 7) is 3.94. The summed E-state index contributed by atoms with van der Waals surface area (Å²) in [5.41, 5.74) is 0.927. The van der Waals surface area contributed by atoms with Crippen LogP contribution in [0.15, 0.2) is 18.2 Å². The van der Waals surface area contributed by atoms with E-state index in [0.29, 0.717) is 22.4 Å². The van der Waals surface area contributed by atoms with Crippen LogP contribution >= 0.6 is 23.2 Å². The topological polar surface area (TPSA) is 32.3 Å². The fourth-order valence-electron chi connectivity index (χ4n) is 2.54. The van der Waals surface area contributed by atoms with Crippen molar-refractivity contribution in [3.8, 4) is 0 Å². The first-order chi connectivity index (χ1) is 9.49. The molecule has 2 atom stereocenters. The van der Waals surface area contributed by atoms with Gasteiger partial charge >= 0.3 is 0 Å². The Hall–Kier alpha value is -0.770. The number of hydrogen-bond acceptors (Lipinski definition) is 2. The molecule has 110 valence electrons. The molecule has 5 heteroatoms. The number of nitrogens with one attached hydrogen (secondary N) is 1.